The Kier molecular flexibility index (Phi) is 7.48. The Morgan fingerprint density at radius 3 is 2.52 bits per heavy atom. The molecule has 12 heteroatoms. The molecule has 2 aromatic rings. The number of carbonyl (C=O) groups excluding carboxylic acids is 2. The smallest absolute Gasteiger partial charge is 0.387 e. The molecule has 0 saturated carbocycles. The number of benzene rings is 2. The fourth-order valence-electron chi connectivity index (χ4n) is 2.11. The number of ether oxygens (including phenoxy) is 2. The Morgan fingerprint density at radius 2 is 1.86 bits per heavy atom. The van der Waals surface area contributed by atoms with Crippen LogP contribution in [0, 0.1) is 0 Å². The third-order valence-electron chi connectivity index (χ3n) is 3.45. The van der Waals surface area contributed by atoms with Crippen molar-refractivity contribution in [1.82, 2.24) is 4.72 Å². The number of para-hydroxylation sites is 2. The van der Waals surface area contributed by atoms with Crippen LogP contribution in [0.3, 0.4) is 0 Å². The molecule has 0 spiro atoms. The average Bonchev–Trinajstić information content (AvgIpc) is 2.67. The number of carbonyl (C=O) groups is 2. The van der Waals surface area contributed by atoms with Gasteiger partial charge >= 0.3 is 12.6 Å². The molecule has 2 rings (SSSR count). The van der Waals surface area contributed by atoms with Crippen LogP contribution in [0.15, 0.2) is 47.4 Å². The summed E-state index contributed by atoms with van der Waals surface area (Å²) >= 11 is 5.89. The fourth-order valence-corrected chi connectivity index (χ4v) is 3.06. The van der Waals surface area contributed by atoms with Crippen molar-refractivity contribution in [1.29, 1.82) is 0 Å². The molecule has 2 aromatic carbocycles. The molecule has 0 unspecified atom stereocenters. The van der Waals surface area contributed by atoms with E-state index in [1.54, 1.807) is 0 Å². The van der Waals surface area contributed by atoms with Crippen molar-refractivity contribution < 1.29 is 36.3 Å². The number of amides is 1. The van der Waals surface area contributed by atoms with Gasteiger partial charge in [-0.2, -0.15) is 8.78 Å². The van der Waals surface area contributed by atoms with E-state index < -0.39 is 35.1 Å². The van der Waals surface area contributed by atoms with Gasteiger partial charge < -0.3 is 14.8 Å². The van der Waals surface area contributed by atoms with Crippen LogP contribution >= 0.6 is 11.6 Å². The molecule has 0 atom stereocenters. The number of rotatable bonds is 8. The summed E-state index contributed by atoms with van der Waals surface area (Å²) in [5.41, 5.74) is -0.314. The second kappa shape index (κ2) is 9.63. The van der Waals surface area contributed by atoms with E-state index in [4.69, 9.17) is 16.3 Å². The largest absolute Gasteiger partial charge is 0.452 e. The van der Waals surface area contributed by atoms with Crippen molar-refractivity contribution in [2.24, 2.45) is 0 Å². The lowest BCUT2D eigenvalue weighted by Gasteiger charge is -2.12. The highest BCUT2D eigenvalue weighted by Gasteiger charge is 2.19. The highest BCUT2D eigenvalue weighted by Crippen LogP contribution is 2.25. The van der Waals surface area contributed by atoms with E-state index >= 15 is 0 Å². The van der Waals surface area contributed by atoms with Gasteiger partial charge in [0.2, 0.25) is 10.0 Å². The Bertz CT molecular complexity index is 1020. The summed E-state index contributed by atoms with van der Waals surface area (Å²) in [5.74, 6) is -2.15. The molecule has 1 amide bonds. The number of hydrogen-bond acceptors (Lipinski definition) is 6. The zero-order valence-electron chi connectivity index (χ0n) is 14.8. The molecule has 0 fully saturated rings. The second-order valence-electron chi connectivity index (χ2n) is 5.35. The van der Waals surface area contributed by atoms with Crippen molar-refractivity contribution in [3.63, 3.8) is 0 Å². The molecule has 0 radical (unpaired) electrons. The van der Waals surface area contributed by atoms with Crippen molar-refractivity contribution >= 4 is 39.2 Å². The van der Waals surface area contributed by atoms with Gasteiger partial charge in [-0.15, -0.1) is 0 Å². The number of esters is 1. The van der Waals surface area contributed by atoms with E-state index in [2.05, 4.69) is 14.8 Å². The highest BCUT2D eigenvalue weighted by atomic mass is 35.5. The normalized spacial score (nSPS) is 11.2. The zero-order valence-corrected chi connectivity index (χ0v) is 16.4. The van der Waals surface area contributed by atoms with Crippen molar-refractivity contribution in [2.45, 2.75) is 11.5 Å². The van der Waals surface area contributed by atoms with Crippen molar-refractivity contribution in [2.75, 3.05) is 19.0 Å². The lowest BCUT2D eigenvalue weighted by molar-refractivity contribution is -0.119. The quantitative estimate of drug-likeness (QED) is 0.601. The van der Waals surface area contributed by atoms with E-state index in [0.717, 1.165) is 6.07 Å². The summed E-state index contributed by atoms with van der Waals surface area (Å²) in [6.45, 7) is -3.87. The fraction of sp³-hybridized carbons (Fsp3) is 0.176. The molecule has 156 valence electrons. The first kappa shape index (κ1) is 22.5. The topological polar surface area (TPSA) is 111 Å². The van der Waals surface area contributed by atoms with E-state index in [9.17, 15) is 26.8 Å². The lowest BCUT2D eigenvalue weighted by atomic mass is 10.2. The maximum absolute atomic E-state index is 12.4. The summed E-state index contributed by atoms with van der Waals surface area (Å²) in [6, 6.07) is 8.84. The first-order valence-electron chi connectivity index (χ1n) is 7.88. The van der Waals surface area contributed by atoms with Crippen LogP contribution < -0.4 is 14.8 Å². The molecule has 2 N–H and O–H groups in total. The maximum Gasteiger partial charge on any atom is 0.387 e. The van der Waals surface area contributed by atoms with Gasteiger partial charge in [0, 0.05) is 0 Å². The number of halogens is 3. The van der Waals surface area contributed by atoms with Crippen molar-refractivity contribution in [3.05, 3.63) is 53.1 Å². The number of anilines is 1. The third-order valence-corrected chi connectivity index (χ3v) is 5.19. The zero-order chi connectivity index (χ0) is 21.6. The second-order valence-corrected chi connectivity index (χ2v) is 7.64. The van der Waals surface area contributed by atoms with Gasteiger partial charge in [-0.3, -0.25) is 4.79 Å². The number of sulfonamides is 1. The highest BCUT2D eigenvalue weighted by molar-refractivity contribution is 7.89. The van der Waals surface area contributed by atoms with Crippen LogP contribution in [0.2, 0.25) is 5.02 Å². The van der Waals surface area contributed by atoms with Gasteiger partial charge in [0.25, 0.3) is 5.91 Å². The monoisotopic (exact) mass is 448 g/mol. The number of nitrogens with one attached hydrogen (secondary N) is 2. The van der Waals surface area contributed by atoms with Gasteiger partial charge in [-0.1, -0.05) is 23.7 Å². The molecule has 8 nitrogen and oxygen atoms in total. The summed E-state index contributed by atoms with van der Waals surface area (Å²) in [7, 11) is -2.63. The average molecular weight is 449 g/mol. The summed E-state index contributed by atoms with van der Waals surface area (Å²) in [6.07, 6.45) is 0. The molecule has 0 aliphatic carbocycles. The third kappa shape index (κ3) is 6.11. The Hall–Kier alpha value is -2.76. The first-order valence-corrected chi connectivity index (χ1v) is 9.74. The first-order chi connectivity index (χ1) is 13.6. The molecule has 0 aliphatic heterocycles. The van der Waals surface area contributed by atoms with E-state index in [-0.39, 0.29) is 26.9 Å². The van der Waals surface area contributed by atoms with Crippen LogP contribution in [-0.4, -0.2) is 40.6 Å². The molecule has 0 saturated heterocycles. The van der Waals surface area contributed by atoms with Gasteiger partial charge in [0.05, 0.1) is 21.2 Å². The van der Waals surface area contributed by atoms with E-state index in [0.29, 0.717) is 0 Å². The summed E-state index contributed by atoms with van der Waals surface area (Å²) in [5, 5.41) is 2.19. The van der Waals surface area contributed by atoms with Crippen LogP contribution in [0.4, 0.5) is 14.5 Å². The van der Waals surface area contributed by atoms with Gasteiger partial charge in [-0.05, 0) is 37.4 Å². The Balaban J connectivity index is 2.06. The minimum absolute atomic E-state index is 0.0472. The van der Waals surface area contributed by atoms with Crippen LogP contribution in [0.25, 0.3) is 0 Å². The molecule has 0 heterocycles. The number of alkyl halides is 2. The summed E-state index contributed by atoms with van der Waals surface area (Å²) < 4.78 is 59.6. The van der Waals surface area contributed by atoms with Gasteiger partial charge in [0.1, 0.15) is 5.75 Å². The molecule has 0 aromatic heterocycles. The van der Waals surface area contributed by atoms with Crippen LogP contribution in [0.1, 0.15) is 10.4 Å². The van der Waals surface area contributed by atoms with E-state index in [1.807, 2.05) is 0 Å². The molecular formula is C17H15ClF2N2O6S. The number of hydrogen-bond donors (Lipinski definition) is 2. The predicted molar refractivity (Wildman–Crippen MR) is 99.7 cm³/mol. The minimum atomic E-state index is -3.83. The SMILES string of the molecule is CNS(=O)(=O)c1ccc(Cl)c(C(=O)OCC(=O)Nc2ccccc2OC(F)F)c1. The molecular weight excluding hydrogens is 434 g/mol. The Morgan fingerprint density at radius 1 is 1.17 bits per heavy atom. The maximum atomic E-state index is 12.4. The van der Waals surface area contributed by atoms with Crippen molar-refractivity contribution in [3.8, 4) is 5.75 Å². The van der Waals surface area contributed by atoms with Crippen LogP contribution in [-0.2, 0) is 19.6 Å². The lowest BCUT2D eigenvalue weighted by Crippen LogP contribution is -2.22. The standard InChI is InChI=1S/C17H15ClF2N2O6S/c1-21-29(25,26)10-6-7-12(18)11(8-10)16(24)27-9-15(23)22-13-4-2-3-5-14(13)28-17(19)20/h2-8,17,21H,9H2,1H3,(H,22,23). The summed E-state index contributed by atoms with van der Waals surface area (Å²) in [4.78, 5) is 23.9. The van der Waals surface area contributed by atoms with Crippen LogP contribution in [0.5, 0.6) is 5.75 Å². The van der Waals surface area contributed by atoms with E-state index in [1.165, 1.54) is 43.4 Å². The van der Waals surface area contributed by atoms with Gasteiger partial charge in [-0.25, -0.2) is 17.9 Å². The molecule has 0 aliphatic rings. The predicted octanol–water partition coefficient (Wildman–Crippen LogP) is 2.65. The Labute approximate surface area is 169 Å². The minimum Gasteiger partial charge on any atom is -0.452 e. The molecule has 29 heavy (non-hydrogen) atoms. The van der Waals surface area contributed by atoms with Gasteiger partial charge in [0.15, 0.2) is 6.61 Å². The molecule has 0 bridgehead atoms.